The summed E-state index contributed by atoms with van der Waals surface area (Å²) in [5, 5.41) is 3.18. The van der Waals surface area contributed by atoms with Gasteiger partial charge in [0, 0.05) is 11.6 Å². The van der Waals surface area contributed by atoms with E-state index in [0.717, 1.165) is 50.7 Å². The summed E-state index contributed by atoms with van der Waals surface area (Å²) in [6.07, 6.45) is 4.12. The van der Waals surface area contributed by atoms with Crippen molar-refractivity contribution in [2.45, 2.75) is 81.8 Å². The molecule has 32 heavy (non-hydrogen) atoms. The Bertz CT molecular complexity index is 879. The van der Waals surface area contributed by atoms with Crippen LogP contribution in [0, 0.1) is 11.8 Å². The molecule has 1 aromatic rings. The van der Waals surface area contributed by atoms with Crippen LogP contribution in [-0.2, 0) is 15.7 Å². The average Bonchev–Trinajstić information content (AvgIpc) is 3.48. The quantitative estimate of drug-likeness (QED) is 0.737. The lowest BCUT2D eigenvalue weighted by Gasteiger charge is -2.41. The molecule has 8 heteroatoms. The van der Waals surface area contributed by atoms with Crippen LogP contribution in [-0.4, -0.2) is 41.1 Å². The number of rotatable bonds is 3. The predicted molar refractivity (Wildman–Crippen MR) is 111 cm³/mol. The Morgan fingerprint density at radius 3 is 2.34 bits per heavy atom. The third-order valence-electron chi connectivity index (χ3n) is 7.94. The molecule has 1 aliphatic heterocycles. The number of hydrogen-bond donors (Lipinski definition) is 1. The van der Waals surface area contributed by atoms with Gasteiger partial charge in [0.2, 0.25) is 5.91 Å². The second-order valence-electron chi connectivity index (χ2n) is 9.87. The predicted octanol–water partition coefficient (Wildman–Crippen LogP) is 4.51. The Morgan fingerprint density at radius 2 is 1.75 bits per heavy atom. The van der Waals surface area contributed by atoms with Gasteiger partial charge in [-0.3, -0.25) is 14.5 Å². The Kier molecular flexibility index (Phi) is 5.47. The first-order chi connectivity index (χ1) is 15.3. The van der Waals surface area contributed by atoms with Crippen molar-refractivity contribution >= 4 is 11.8 Å². The van der Waals surface area contributed by atoms with Crippen molar-refractivity contribution in [3.8, 4) is 0 Å². The molecule has 4 unspecified atom stereocenters. The minimum Gasteiger partial charge on any atom is -0.353 e. The van der Waals surface area contributed by atoms with Crippen LogP contribution in [0.2, 0.25) is 0 Å². The molecule has 1 N–H and O–H groups in total. The number of hydrogen-bond acceptors (Lipinski definition) is 3. The maximum Gasteiger partial charge on any atom is 0.416 e. The number of ether oxygens (including phenoxy) is 1. The molecule has 174 valence electrons. The molecule has 5 nitrogen and oxygen atoms in total. The maximum absolute atomic E-state index is 13.5. The minimum absolute atomic E-state index is 0.124. The fourth-order valence-corrected chi connectivity index (χ4v) is 6.31. The van der Waals surface area contributed by atoms with Crippen molar-refractivity contribution in [2.24, 2.45) is 11.8 Å². The van der Waals surface area contributed by atoms with Gasteiger partial charge in [0.1, 0.15) is 11.8 Å². The lowest BCUT2D eigenvalue weighted by atomic mass is 9.89. The van der Waals surface area contributed by atoms with Crippen LogP contribution >= 0.6 is 0 Å². The first kappa shape index (κ1) is 21.7. The van der Waals surface area contributed by atoms with Gasteiger partial charge in [-0.25, -0.2) is 0 Å². The van der Waals surface area contributed by atoms with Crippen molar-refractivity contribution in [1.29, 1.82) is 0 Å². The first-order valence-corrected chi connectivity index (χ1v) is 11.7. The Labute approximate surface area is 185 Å². The van der Waals surface area contributed by atoms with E-state index in [9.17, 15) is 22.8 Å². The molecule has 0 aromatic heterocycles. The average molecular weight is 451 g/mol. The highest BCUT2D eigenvalue weighted by Gasteiger charge is 2.53. The van der Waals surface area contributed by atoms with Crippen LogP contribution < -0.4 is 5.32 Å². The second-order valence-corrected chi connectivity index (χ2v) is 9.87. The summed E-state index contributed by atoms with van der Waals surface area (Å²) in [5.74, 6) is 0.546. The monoisotopic (exact) mass is 450 g/mol. The molecule has 4 aliphatic rings. The van der Waals surface area contributed by atoms with Crippen LogP contribution in [0.5, 0.6) is 0 Å². The maximum atomic E-state index is 13.5. The molecule has 4 atom stereocenters. The molecule has 5 rings (SSSR count). The summed E-state index contributed by atoms with van der Waals surface area (Å²) >= 11 is 0. The molecule has 2 amide bonds. The number of amides is 2. The third kappa shape index (κ3) is 3.80. The summed E-state index contributed by atoms with van der Waals surface area (Å²) < 4.78 is 45.0. The normalized spacial score (nSPS) is 31.3. The van der Waals surface area contributed by atoms with Crippen molar-refractivity contribution in [1.82, 2.24) is 10.2 Å². The fourth-order valence-electron chi connectivity index (χ4n) is 6.31. The topological polar surface area (TPSA) is 58.6 Å². The molecule has 4 fully saturated rings. The highest BCUT2D eigenvalue weighted by atomic mass is 19.4. The van der Waals surface area contributed by atoms with E-state index in [1.54, 1.807) is 0 Å². The van der Waals surface area contributed by atoms with Gasteiger partial charge in [0.25, 0.3) is 5.91 Å². The number of carbonyl (C=O) groups excluding carboxylic acids is 2. The van der Waals surface area contributed by atoms with Gasteiger partial charge in [-0.05, 0) is 81.0 Å². The summed E-state index contributed by atoms with van der Waals surface area (Å²) in [5.41, 5.74) is -1.51. The van der Waals surface area contributed by atoms with E-state index in [-0.39, 0.29) is 24.1 Å². The SMILES string of the molecule is O=C(NC1CC2CCC1C2)C1COC2(CCCCC2)N1C(=O)c1ccc(C(F)(F)F)cc1. The van der Waals surface area contributed by atoms with Crippen LogP contribution in [0.4, 0.5) is 13.2 Å². The van der Waals surface area contributed by atoms with Gasteiger partial charge in [0.15, 0.2) is 0 Å². The van der Waals surface area contributed by atoms with E-state index in [2.05, 4.69) is 5.32 Å². The van der Waals surface area contributed by atoms with Crippen LogP contribution in [0.25, 0.3) is 0 Å². The van der Waals surface area contributed by atoms with E-state index in [4.69, 9.17) is 4.74 Å². The summed E-state index contributed by atoms with van der Waals surface area (Å²) in [6, 6.07) is 3.62. The van der Waals surface area contributed by atoms with E-state index in [1.807, 2.05) is 0 Å². The zero-order valence-corrected chi connectivity index (χ0v) is 18.0. The van der Waals surface area contributed by atoms with Crippen molar-refractivity contribution in [3.63, 3.8) is 0 Å². The Balaban J connectivity index is 1.39. The number of nitrogens with zero attached hydrogens (tertiary/aromatic N) is 1. The number of nitrogens with one attached hydrogen (secondary N) is 1. The summed E-state index contributed by atoms with van der Waals surface area (Å²) in [6.45, 7) is 0.124. The summed E-state index contributed by atoms with van der Waals surface area (Å²) in [7, 11) is 0. The number of carbonyl (C=O) groups is 2. The van der Waals surface area contributed by atoms with Crippen molar-refractivity contribution < 1.29 is 27.5 Å². The van der Waals surface area contributed by atoms with Gasteiger partial charge in [0.05, 0.1) is 12.2 Å². The highest BCUT2D eigenvalue weighted by molar-refractivity contribution is 5.98. The molecule has 1 heterocycles. The lowest BCUT2D eigenvalue weighted by molar-refractivity contribution is -0.137. The molecule has 3 aliphatic carbocycles. The lowest BCUT2D eigenvalue weighted by Crippen LogP contribution is -2.57. The molecule has 0 radical (unpaired) electrons. The molecular weight excluding hydrogens is 421 g/mol. The molecule has 1 spiro atoms. The number of alkyl halides is 3. The van der Waals surface area contributed by atoms with E-state index in [0.29, 0.717) is 24.7 Å². The van der Waals surface area contributed by atoms with Gasteiger partial charge in [-0.2, -0.15) is 13.2 Å². The van der Waals surface area contributed by atoms with Gasteiger partial charge in [-0.15, -0.1) is 0 Å². The smallest absolute Gasteiger partial charge is 0.353 e. The van der Waals surface area contributed by atoms with Gasteiger partial charge < -0.3 is 10.1 Å². The minimum atomic E-state index is -4.47. The first-order valence-electron chi connectivity index (χ1n) is 11.7. The summed E-state index contributed by atoms with van der Waals surface area (Å²) in [4.78, 5) is 28.4. The zero-order chi connectivity index (χ0) is 22.5. The van der Waals surface area contributed by atoms with Gasteiger partial charge in [-0.1, -0.05) is 12.8 Å². The van der Waals surface area contributed by atoms with E-state index in [1.165, 1.54) is 23.5 Å². The van der Waals surface area contributed by atoms with Crippen molar-refractivity contribution in [2.75, 3.05) is 6.61 Å². The molecule has 1 saturated heterocycles. The third-order valence-corrected chi connectivity index (χ3v) is 7.94. The molecular formula is C24H29F3N2O3. The Hall–Kier alpha value is -2.09. The van der Waals surface area contributed by atoms with Crippen LogP contribution in [0.1, 0.15) is 73.7 Å². The number of benzene rings is 1. The molecule has 2 bridgehead atoms. The van der Waals surface area contributed by atoms with Gasteiger partial charge >= 0.3 is 6.18 Å². The second kappa shape index (κ2) is 8.04. The Morgan fingerprint density at radius 1 is 1.03 bits per heavy atom. The zero-order valence-electron chi connectivity index (χ0n) is 18.0. The van der Waals surface area contributed by atoms with Crippen LogP contribution in [0.15, 0.2) is 24.3 Å². The van der Waals surface area contributed by atoms with E-state index >= 15 is 0 Å². The van der Waals surface area contributed by atoms with Crippen molar-refractivity contribution in [3.05, 3.63) is 35.4 Å². The molecule has 3 saturated carbocycles. The standard InChI is InChI=1S/C24H29F3N2O3/c25-24(26,27)18-8-6-16(7-9-18)22(31)29-20(14-32-23(29)10-2-1-3-11-23)21(30)28-19-13-15-4-5-17(19)12-15/h6-9,15,17,19-20H,1-5,10-14H2,(H,28,30). The van der Waals surface area contributed by atoms with Crippen LogP contribution in [0.3, 0.4) is 0 Å². The number of fused-ring (bicyclic) bond motifs is 2. The largest absolute Gasteiger partial charge is 0.416 e. The number of halogens is 3. The van der Waals surface area contributed by atoms with E-state index < -0.39 is 29.4 Å². The molecule has 1 aromatic carbocycles. The highest BCUT2D eigenvalue weighted by Crippen LogP contribution is 2.45. The fraction of sp³-hybridized carbons (Fsp3) is 0.667.